The molecule has 0 radical (unpaired) electrons. The molecule has 1 aliphatic heterocycles. The summed E-state index contributed by atoms with van der Waals surface area (Å²) in [5.74, 6) is 0. The average Bonchev–Trinajstić information content (AvgIpc) is 2.73. The Morgan fingerprint density at radius 2 is 2.29 bits per heavy atom. The number of alkyl halides is 3. The van der Waals surface area contributed by atoms with Gasteiger partial charge in [-0.05, 0) is 18.9 Å². The van der Waals surface area contributed by atoms with Gasteiger partial charge in [0.05, 0.1) is 0 Å². The summed E-state index contributed by atoms with van der Waals surface area (Å²) in [5.41, 5.74) is -0.868. The molecule has 1 saturated heterocycles. The summed E-state index contributed by atoms with van der Waals surface area (Å²) in [6.07, 6.45) is -1.81. The summed E-state index contributed by atoms with van der Waals surface area (Å²) in [5, 5.41) is 3.43. The Morgan fingerprint density at radius 3 is 2.79 bits per heavy atom. The molecule has 0 aliphatic carbocycles. The Labute approximate surface area is 78.5 Å². The average molecular weight is 206 g/mol. The minimum absolute atomic E-state index is 0.328. The van der Waals surface area contributed by atoms with Crippen LogP contribution in [0.4, 0.5) is 13.2 Å². The molecule has 1 unspecified atom stereocenters. The van der Waals surface area contributed by atoms with Gasteiger partial charge >= 0.3 is 6.18 Å². The molecule has 14 heavy (non-hydrogen) atoms. The molecule has 0 amide bonds. The Balaban J connectivity index is 2.17. The van der Waals surface area contributed by atoms with Gasteiger partial charge in [0.1, 0.15) is 6.23 Å². The van der Waals surface area contributed by atoms with Gasteiger partial charge in [0, 0.05) is 12.8 Å². The summed E-state index contributed by atoms with van der Waals surface area (Å²) < 4.78 is 42.9. The molecule has 2 rings (SSSR count). The molecule has 1 atom stereocenters. The number of hydrogen-bond donors (Lipinski definition) is 0. The fourth-order valence-electron chi connectivity index (χ4n) is 1.42. The lowest BCUT2D eigenvalue weighted by Crippen LogP contribution is -2.11. The Bertz CT molecular complexity index is 315. The Hall–Kier alpha value is -1.04. The van der Waals surface area contributed by atoms with E-state index < -0.39 is 11.9 Å². The number of nitrogens with zero attached hydrogens (tertiary/aromatic N) is 2. The molecular formula is C8H9F3N2O. The SMILES string of the molecule is FC(F)(F)c1ccn(C2CCCO2)n1. The molecule has 0 N–H and O–H groups in total. The highest BCUT2D eigenvalue weighted by Gasteiger charge is 2.34. The van der Waals surface area contributed by atoms with Crippen molar-refractivity contribution in [3.63, 3.8) is 0 Å². The van der Waals surface area contributed by atoms with E-state index in [1.165, 1.54) is 10.9 Å². The fraction of sp³-hybridized carbons (Fsp3) is 0.625. The van der Waals surface area contributed by atoms with Crippen molar-refractivity contribution in [1.82, 2.24) is 9.78 Å². The van der Waals surface area contributed by atoms with E-state index in [1.54, 1.807) is 0 Å². The van der Waals surface area contributed by atoms with Gasteiger partial charge in [-0.2, -0.15) is 18.3 Å². The lowest BCUT2D eigenvalue weighted by Gasteiger charge is -2.09. The van der Waals surface area contributed by atoms with Crippen LogP contribution in [-0.4, -0.2) is 16.4 Å². The van der Waals surface area contributed by atoms with Crippen molar-refractivity contribution in [3.05, 3.63) is 18.0 Å². The highest BCUT2D eigenvalue weighted by molar-refractivity contribution is 5.03. The second-order valence-electron chi connectivity index (χ2n) is 3.15. The van der Waals surface area contributed by atoms with Crippen molar-refractivity contribution in [2.24, 2.45) is 0 Å². The van der Waals surface area contributed by atoms with Gasteiger partial charge in [-0.15, -0.1) is 0 Å². The molecule has 0 saturated carbocycles. The Morgan fingerprint density at radius 1 is 1.50 bits per heavy atom. The van der Waals surface area contributed by atoms with Crippen LogP contribution in [0.5, 0.6) is 0 Å². The minimum atomic E-state index is -4.37. The third kappa shape index (κ3) is 1.75. The maximum atomic E-state index is 12.2. The first-order valence-corrected chi connectivity index (χ1v) is 4.31. The van der Waals surface area contributed by atoms with Crippen molar-refractivity contribution < 1.29 is 17.9 Å². The molecular weight excluding hydrogens is 197 g/mol. The third-order valence-corrected chi connectivity index (χ3v) is 2.10. The van der Waals surface area contributed by atoms with Crippen LogP contribution in [0, 0.1) is 0 Å². The normalized spacial score (nSPS) is 22.9. The molecule has 1 aromatic heterocycles. The standard InChI is InChI=1S/C8H9F3N2O/c9-8(10,11)6-3-4-13(12-6)7-2-1-5-14-7/h3-4,7H,1-2,5H2. The summed E-state index contributed by atoms with van der Waals surface area (Å²) >= 11 is 0. The molecule has 0 spiro atoms. The zero-order chi connectivity index (χ0) is 10.2. The molecule has 1 fully saturated rings. The van der Waals surface area contributed by atoms with Crippen molar-refractivity contribution in [3.8, 4) is 0 Å². The molecule has 3 nitrogen and oxygen atoms in total. The molecule has 2 heterocycles. The monoisotopic (exact) mass is 206 g/mol. The second kappa shape index (κ2) is 3.27. The van der Waals surface area contributed by atoms with Crippen molar-refractivity contribution in [2.45, 2.75) is 25.2 Å². The summed E-state index contributed by atoms with van der Waals surface area (Å²) in [6, 6.07) is 0.960. The van der Waals surface area contributed by atoms with Crippen LogP contribution in [0.2, 0.25) is 0 Å². The van der Waals surface area contributed by atoms with Crippen molar-refractivity contribution >= 4 is 0 Å². The number of halogens is 3. The van der Waals surface area contributed by atoms with Gasteiger partial charge in [-0.25, -0.2) is 4.68 Å². The molecule has 0 aromatic carbocycles. The van der Waals surface area contributed by atoms with E-state index in [-0.39, 0.29) is 6.23 Å². The van der Waals surface area contributed by atoms with E-state index in [9.17, 15) is 13.2 Å². The van der Waals surface area contributed by atoms with Crippen LogP contribution < -0.4 is 0 Å². The van der Waals surface area contributed by atoms with E-state index in [1.807, 2.05) is 0 Å². The fourth-order valence-corrected chi connectivity index (χ4v) is 1.42. The summed E-state index contributed by atoms with van der Waals surface area (Å²) in [6.45, 7) is 0.589. The van der Waals surface area contributed by atoms with E-state index >= 15 is 0 Å². The van der Waals surface area contributed by atoms with Crippen LogP contribution in [-0.2, 0) is 10.9 Å². The highest BCUT2D eigenvalue weighted by atomic mass is 19.4. The maximum absolute atomic E-state index is 12.2. The van der Waals surface area contributed by atoms with Crippen LogP contribution in [0.15, 0.2) is 12.3 Å². The van der Waals surface area contributed by atoms with E-state index in [0.717, 1.165) is 18.9 Å². The summed E-state index contributed by atoms with van der Waals surface area (Å²) in [7, 11) is 0. The predicted molar refractivity (Wildman–Crippen MR) is 41.5 cm³/mol. The third-order valence-electron chi connectivity index (χ3n) is 2.10. The van der Waals surface area contributed by atoms with Crippen molar-refractivity contribution in [2.75, 3.05) is 6.61 Å². The van der Waals surface area contributed by atoms with Gasteiger partial charge in [0.2, 0.25) is 0 Å². The van der Waals surface area contributed by atoms with Crippen molar-refractivity contribution in [1.29, 1.82) is 0 Å². The maximum Gasteiger partial charge on any atom is 0.435 e. The number of aromatic nitrogens is 2. The molecule has 1 aromatic rings. The van der Waals surface area contributed by atoms with E-state index in [0.29, 0.717) is 6.61 Å². The topological polar surface area (TPSA) is 27.1 Å². The minimum Gasteiger partial charge on any atom is -0.357 e. The van der Waals surface area contributed by atoms with Gasteiger partial charge < -0.3 is 4.74 Å². The lowest BCUT2D eigenvalue weighted by atomic mass is 10.3. The first-order valence-electron chi connectivity index (χ1n) is 4.31. The lowest BCUT2D eigenvalue weighted by molar-refractivity contribution is -0.141. The van der Waals surface area contributed by atoms with Gasteiger partial charge in [0.25, 0.3) is 0 Å². The van der Waals surface area contributed by atoms with Crippen LogP contribution in [0.1, 0.15) is 24.8 Å². The zero-order valence-corrected chi connectivity index (χ0v) is 7.29. The van der Waals surface area contributed by atoms with Gasteiger partial charge in [0.15, 0.2) is 5.69 Å². The quantitative estimate of drug-likeness (QED) is 0.704. The van der Waals surface area contributed by atoms with Gasteiger partial charge in [-0.3, -0.25) is 0 Å². The number of rotatable bonds is 1. The molecule has 1 aliphatic rings. The first kappa shape index (κ1) is 9.51. The molecule has 6 heteroatoms. The second-order valence-corrected chi connectivity index (χ2v) is 3.15. The van der Waals surface area contributed by atoms with Crippen LogP contribution in [0.25, 0.3) is 0 Å². The first-order chi connectivity index (χ1) is 6.57. The molecule has 78 valence electrons. The smallest absolute Gasteiger partial charge is 0.357 e. The highest BCUT2D eigenvalue weighted by Crippen LogP contribution is 2.29. The van der Waals surface area contributed by atoms with E-state index in [4.69, 9.17) is 4.74 Å². The molecule has 0 bridgehead atoms. The predicted octanol–water partition coefficient (Wildman–Crippen LogP) is 2.21. The van der Waals surface area contributed by atoms with Crippen LogP contribution >= 0.6 is 0 Å². The number of hydrogen-bond acceptors (Lipinski definition) is 2. The van der Waals surface area contributed by atoms with Gasteiger partial charge in [-0.1, -0.05) is 0 Å². The van der Waals surface area contributed by atoms with E-state index in [2.05, 4.69) is 5.10 Å². The summed E-state index contributed by atoms with van der Waals surface area (Å²) in [4.78, 5) is 0. The number of ether oxygens (including phenoxy) is 1. The Kier molecular flexibility index (Phi) is 2.22. The zero-order valence-electron chi connectivity index (χ0n) is 7.29. The largest absolute Gasteiger partial charge is 0.435 e. The van der Waals surface area contributed by atoms with Crippen LogP contribution in [0.3, 0.4) is 0 Å².